The Bertz CT molecular complexity index is 1180. The Balaban J connectivity index is 1.99. The molecule has 0 aromatic heterocycles. The van der Waals surface area contributed by atoms with Crippen LogP contribution in [0.5, 0.6) is 5.75 Å². The molecule has 0 unspecified atom stereocenters. The predicted molar refractivity (Wildman–Crippen MR) is 118 cm³/mol. The first kappa shape index (κ1) is 25.4. The number of hydrogen-bond acceptors (Lipinski definition) is 6. The Labute approximate surface area is 197 Å². The Morgan fingerprint density at radius 2 is 1.85 bits per heavy atom. The number of benzene rings is 2. The lowest BCUT2D eigenvalue weighted by molar-refractivity contribution is -0.137. The largest absolute Gasteiger partial charge is 0.488 e. The normalized spacial score (nSPS) is 16.6. The van der Waals surface area contributed by atoms with E-state index in [0.717, 1.165) is 17.0 Å². The molecule has 0 radical (unpaired) electrons. The summed E-state index contributed by atoms with van der Waals surface area (Å²) in [5, 5.41) is 27.0. The topological polar surface area (TPSA) is 97.0 Å². The number of rotatable bonds is 6. The lowest BCUT2D eigenvalue weighted by Crippen LogP contribution is -2.44. The standard InChI is InChI=1S/C22H19F4N3O4S/c1-21(2)19(32)28(13-4-3-12(9-27)16(7-13)22(24,25)26)20(34)29(21)14-5-6-18(17(23)8-14)33-11-15(31)10-30/h3-8,15,30-31H,10-11H2,1-2H3/t15-/m0/s1. The van der Waals surface area contributed by atoms with Crippen LogP contribution >= 0.6 is 12.2 Å². The van der Waals surface area contributed by atoms with Gasteiger partial charge in [-0.05, 0) is 56.4 Å². The minimum atomic E-state index is -4.83. The summed E-state index contributed by atoms with van der Waals surface area (Å²) in [6.45, 7) is 2.04. The number of aliphatic hydroxyl groups is 2. The number of carbonyl (C=O) groups excluding carboxylic acids is 1. The summed E-state index contributed by atoms with van der Waals surface area (Å²) in [6.07, 6.45) is -6.03. The maximum absolute atomic E-state index is 14.6. The quantitative estimate of drug-likeness (QED) is 0.467. The SMILES string of the molecule is CC1(C)C(=O)N(c2ccc(C#N)c(C(F)(F)F)c2)C(=S)N1c1ccc(OC[C@@H](O)CO)c(F)c1. The molecule has 1 heterocycles. The van der Waals surface area contributed by atoms with Gasteiger partial charge in [-0.3, -0.25) is 9.69 Å². The number of aliphatic hydroxyl groups excluding tert-OH is 2. The van der Waals surface area contributed by atoms with Gasteiger partial charge in [0.1, 0.15) is 18.2 Å². The summed E-state index contributed by atoms with van der Waals surface area (Å²) in [6, 6.07) is 7.96. The van der Waals surface area contributed by atoms with Crippen LogP contribution in [-0.2, 0) is 11.0 Å². The fraction of sp³-hybridized carbons (Fsp3) is 0.318. The number of alkyl halides is 3. The van der Waals surface area contributed by atoms with Crippen LogP contribution in [0.4, 0.5) is 28.9 Å². The minimum Gasteiger partial charge on any atom is -0.488 e. The third-order valence-corrected chi connectivity index (χ3v) is 5.54. The average Bonchev–Trinajstić information content (AvgIpc) is 2.95. The van der Waals surface area contributed by atoms with Gasteiger partial charge in [-0.15, -0.1) is 0 Å². The highest BCUT2D eigenvalue weighted by atomic mass is 32.1. The molecule has 2 aromatic carbocycles. The first-order chi connectivity index (χ1) is 15.8. The first-order valence-electron chi connectivity index (χ1n) is 9.84. The zero-order chi connectivity index (χ0) is 25.4. The number of ether oxygens (including phenoxy) is 1. The summed E-state index contributed by atoms with van der Waals surface area (Å²) in [4.78, 5) is 15.4. The fourth-order valence-electron chi connectivity index (χ4n) is 3.44. The van der Waals surface area contributed by atoms with Gasteiger partial charge in [0.05, 0.1) is 29.5 Å². The van der Waals surface area contributed by atoms with Crippen LogP contribution in [0.1, 0.15) is 25.0 Å². The van der Waals surface area contributed by atoms with Gasteiger partial charge in [-0.1, -0.05) is 0 Å². The van der Waals surface area contributed by atoms with Gasteiger partial charge >= 0.3 is 6.18 Å². The van der Waals surface area contributed by atoms with Gasteiger partial charge in [0.15, 0.2) is 16.7 Å². The predicted octanol–water partition coefficient (Wildman–Crippen LogP) is 3.36. The van der Waals surface area contributed by atoms with Gasteiger partial charge < -0.3 is 19.8 Å². The van der Waals surface area contributed by atoms with E-state index in [9.17, 15) is 27.5 Å². The highest BCUT2D eigenvalue weighted by molar-refractivity contribution is 7.81. The third kappa shape index (κ3) is 4.54. The van der Waals surface area contributed by atoms with Gasteiger partial charge in [0.2, 0.25) is 0 Å². The molecule has 1 amide bonds. The van der Waals surface area contributed by atoms with Crippen molar-refractivity contribution in [3.05, 3.63) is 53.3 Å². The van der Waals surface area contributed by atoms with Crippen molar-refractivity contribution in [2.24, 2.45) is 0 Å². The van der Waals surface area contributed by atoms with Crippen molar-refractivity contribution in [2.75, 3.05) is 23.0 Å². The van der Waals surface area contributed by atoms with Gasteiger partial charge in [0, 0.05) is 11.8 Å². The highest BCUT2D eigenvalue weighted by Crippen LogP contribution is 2.40. The van der Waals surface area contributed by atoms with Crippen LogP contribution in [0, 0.1) is 17.1 Å². The molecule has 7 nitrogen and oxygen atoms in total. The Hall–Kier alpha value is -3.27. The van der Waals surface area contributed by atoms with Crippen LogP contribution in [0.2, 0.25) is 0 Å². The van der Waals surface area contributed by atoms with Crippen LogP contribution in [-0.4, -0.2) is 46.1 Å². The highest BCUT2D eigenvalue weighted by Gasteiger charge is 2.50. The van der Waals surface area contributed by atoms with Crippen molar-refractivity contribution in [1.29, 1.82) is 5.26 Å². The van der Waals surface area contributed by atoms with E-state index >= 15 is 0 Å². The lowest BCUT2D eigenvalue weighted by Gasteiger charge is -2.29. The molecule has 12 heteroatoms. The number of carbonyl (C=O) groups is 1. The number of nitriles is 1. The second-order valence-electron chi connectivity index (χ2n) is 7.92. The van der Waals surface area contributed by atoms with E-state index in [1.54, 1.807) is 0 Å². The van der Waals surface area contributed by atoms with Crippen molar-refractivity contribution in [3.8, 4) is 11.8 Å². The zero-order valence-electron chi connectivity index (χ0n) is 17.9. The van der Waals surface area contributed by atoms with E-state index < -0.39 is 47.3 Å². The molecule has 1 aliphatic heterocycles. The summed E-state index contributed by atoms with van der Waals surface area (Å²) in [5.74, 6) is -1.71. The molecule has 0 spiro atoms. The second-order valence-corrected chi connectivity index (χ2v) is 8.28. The van der Waals surface area contributed by atoms with E-state index in [2.05, 4.69) is 0 Å². The number of amides is 1. The number of thiocarbonyl (C=S) groups is 1. The molecule has 1 atom stereocenters. The van der Waals surface area contributed by atoms with Crippen molar-refractivity contribution in [2.45, 2.75) is 31.7 Å². The maximum atomic E-state index is 14.6. The zero-order valence-corrected chi connectivity index (χ0v) is 18.7. The number of nitrogens with zero attached hydrogens (tertiary/aromatic N) is 3. The van der Waals surface area contributed by atoms with Crippen molar-refractivity contribution in [1.82, 2.24) is 0 Å². The third-order valence-electron chi connectivity index (χ3n) is 5.17. The molecule has 1 fully saturated rings. The fourth-order valence-corrected chi connectivity index (χ4v) is 3.97. The van der Waals surface area contributed by atoms with Crippen molar-refractivity contribution >= 4 is 34.6 Å². The van der Waals surface area contributed by atoms with Crippen LogP contribution in [0.3, 0.4) is 0 Å². The molecular weight excluding hydrogens is 478 g/mol. The first-order valence-corrected chi connectivity index (χ1v) is 10.2. The maximum Gasteiger partial charge on any atom is 0.417 e. The lowest BCUT2D eigenvalue weighted by atomic mass is 10.0. The van der Waals surface area contributed by atoms with E-state index in [-0.39, 0.29) is 28.8 Å². The monoisotopic (exact) mass is 497 g/mol. The number of anilines is 2. The molecule has 34 heavy (non-hydrogen) atoms. The Morgan fingerprint density at radius 3 is 2.41 bits per heavy atom. The number of halogens is 4. The molecule has 0 bridgehead atoms. The number of hydrogen-bond donors (Lipinski definition) is 2. The molecule has 1 saturated heterocycles. The van der Waals surface area contributed by atoms with Gasteiger partial charge in [0.25, 0.3) is 5.91 Å². The van der Waals surface area contributed by atoms with E-state index in [0.29, 0.717) is 6.07 Å². The van der Waals surface area contributed by atoms with Crippen LogP contribution < -0.4 is 14.5 Å². The summed E-state index contributed by atoms with van der Waals surface area (Å²) in [5.41, 5.74) is -3.24. The summed E-state index contributed by atoms with van der Waals surface area (Å²) in [7, 11) is 0. The van der Waals surface area contributed by atoms with Gasteiger partial charge in [-0.2, -0.15) is 18.4 Å². The van der Waals surface area contributed by atoms with Crippen molar-refractivity contribution < 1.29 is 37.3 Å². The Kier molecular flexibility index (Phi) is 6.84. The molecular formula is C22H19F4N3O4S. The molecule has 0 saturated carbocycles. The van der Waals surface area contributed by atoms with E-state index in [4.69, 9.17) is 27.3 Å². The Morgan fingerprint density at radius 1 is 1.21 bits per heavy atom. The van der Waals surface area contributed by atoms with Gasteiger partial charge in [-0.25, -0.2) is 4.39 Å². The summed E-state index contributed by atoms with van der Waals surface area (Å²) >= 11 is 5.40. The molecule has 180 valence electrons. The molecule has 3 rings (SSSR count). The smallest absolute Gasteiger partial charge is 0.417 e. The van der Waals surface area contributed by atoms with Crippen LogP contribution in [0.15, 0.2) is 36.4 Å². The molecule has 0 aliphatic carbocycles. The average molecular weight is 497 g/mol. The second kappa shape index (κ2) is 9.17. The molecule has 2 N–H and O–H groups in total. The van der Waals surface area contributed by atoms with Crippen molar-refractivity contribution in [3.63, 3.8) is 0 Å². The van der Waals surface area contributed by atoms with Crippen LogP contribution in [0.25, 0.3) is 0 Å². The van der Waals surface area contributed by atoms with E-state index in [1.165, 1.54) is 43.0 Å². The minimum absolute atomic E-state index is 0.142. The molecule has 2 aromatic rings. The van der Waals surface area contributed by atoms with E-state index in [1.807, 2.05) is 0 Å². The summed E-state index contributed by atoms with van der Waals surface area (Å²) < 4.78 is 60.0. The molecule has 1 aliphatic rings.